The lowest BCUT2D eigenvalue weighted by molar-refractivity contribution is -0.402. The third kappa shape index (κ3) is 3.21. The van der Waals surface area contributed by atoms with E-state index in [1.165, 1.54) is 12.1 Å². The molecule has 136 valence electrons. The molecule has 9 heteroatoms. The van der Waals surface area contributed by atoms with Gasteiger partial charge in [-0.05, 0) is 23.8 Å². The van der Waals surface area contributed by atoms with Crippen molar-refractivity contribution < 1.29 is 23.6 Å². The minimum Gasteiger partial charge on any atom is -0.454 e. The topological polar surface area (TPSA) is 98.3 Å². The van der Waals surface area contributed by atoms with Gasteiger partial charge < -0.3 is 18.8 Å². The van der Waals surface area contributed by atoms with Crippen molar-refractivity contribution in [2.45, 2.75) is 6.54 Å². The molecule has 1 aromatic heterocycles. The summed E-state index contributed by atoms with van der Waals surface area (Å²) >= 11 is 0. The lowest BCUT2D eigenvalue weighted by Gasteiger charge is -2.34. The number of piperazine rings is 1. The second kappa shape index (κ2) is 6.68. The standard InChI is InChI=1S/C17H17N3O6/c21-17(14-3-4-16(26-14)20(22)23)19-7-5-18(6-8-19)10-12-1-2-13-15(9-12)25-11-24-13/h1-4,9H,5-8,10-11H2. The summed E-state index contributed by atoms with van der Waals surface area (Å²) in [7, 11) is 0. The molecule has 0 spiro atoms. The monoisotopic (exact) mass is 359 g/mol. The molecule has 26 heavy (non-hydrogen) atoms. The number of carbonyl (C=O) groups excluding carboxylic acids is 1. The van der Waals surface area contributed by atoms with Gasteiger partial charge in [0.05, 0.1) is 6.07 Å². The molecule has 3 heterocycles. The average molecular weight is 359 g/mol. The number of amides is 1. The Morgan fingerprint density at radius 2 is 1.85 bits per heavy atom. The van der Waals surface area contributed by atoms with E-state index in [2.05, 4.69) is 4.90 Å². The first-order chi connectivity index (χ1) is 12.6. The predicted octanol–water partition coefficient (Wildman–Crippen LogP) is 1.87. The molecule has 1 amide bonds. The van der Waals surface area contributed by atoms with E-state index < -0.39 is 10.8 Å². The van der Waals surface area contributed by atoms with Gasteiger partial charge in [-0.25, -0.2) is 0 Å². The number of nitro groups is 1. The fraction of sp³-hybridized carbons (Fsp3) is 0.353. The number of fused-ring (bicyclic) bond motifs is 1. The molecule has 2 aliphatic heterocycles. The lowest BCUT2D eigenvalue weighted by Crippen LogP contribution is -2.48. The normalized spacial score (nSPS) is 16.7. The van der Waals surface area contributed by atoms with Crippen LogP contribution >= 0.6 is 0 Å². The van der Waals surface area contributed by atoms with Gasteiger partial charge in [0, 0.05) is 32.7 Å². The van der Waals surface area contributed by atoms with Crippen LogP contribution in [0.5, 0.6) is 11.5 Å². The maximum Gasteiger partial charge on any atom is 0.433 e. The molecule has 0 bridgehead atoms. The van der Waals surface area contributed by atoms with Crippen molar-refractivity contribution in [3.8, 4) is 11.5 Å². The minimum atomic E-state index is -0.653. The summed E-state index contributed by atoms with van der Waals surface area (Å²) in [6.07, 6.45) is 0. The molecule has 0 saturated carbocycles. The molecule has 0 atom stereocenters. The highest BCUT2D eigenvalue weighted by Gasteiger charge is 2.26. The van der Waals surface area contributed by atoms with Crippen molar-refractivity contribution >= 4 is 11.8 Å². The maximum atomic E-state index is 12.4. The first-order valence-corrected chi connectivity index (χ1v) is 8.24. The first-order valence-electron chi connectivity index (χ1n) is 8.24. The maximum absolute atomic E-state index is 12.4. The molecule has 9 nitrogen and oxygen atoms in total. The van der Waals surface area contributed by atoms with Crippen LogP contribution in [0, 0.1) is 10.1 Å². The van der Waals surface area contributed by atoms with E-state index in [0.717, 1.165) is 23.6 Å². The van der Waals surface area contributed by atoms with Crippen LogP contribution in [0.25, 0.3) is 0 Å². The Kier molecular flexibility index (Phi) is 4.21. The van der Waals surface area contributed by atoms with E-state index >= 15 is 0 Å². The highest BCUT2D eigenvalue weighted by molar-refractivity contribution is 5.91. The Balaban J connectivity index is 1.33. The van der Waals surface area contributed by atoms with Gasteiger partial charge >= 0.3 is 5.88 Å². The van der Waals surface area contributed by atoms with Crippen molar-refractivity contribution in [1.29, 1.82) is 0 Å². The summed E-state index contributed by atoms with van der Waals surface area (Å²) in [6.45, 7) is 3.51. The Labute approximate surface area is 148 Å². The Morgan fingerprint density at radius 3 is 2.58 bits per heavy atom. The van der Waals surface area contributed by atoms with Gasteiger partial charge in [0.25, 0.3) is 5.91 Å². The van der Waals surface area contributed by atoms with E-state index in [0.29, 0.717) is 26.2 Å². The highest BCUT2D eigenvalue weighted by atomic mass is 16.7. The second-order valence-electron chi connectivity index (χ2n) is 6.15. The van der Waals surface area contributed by atoms with Crippen LogP contribution in [-0.2, 0) is 6.54 Å². The average Bonchev–Trinajstić information content (AvgIpc) is 3.31. The van der Waals surface area contributed by atoms with E-state index in [9.17, 15) is 14.9 Å². The molecule has 1 fully saturated rings. The third-order valence-corrected chi connectivity index (χ3v) is 4.49. The SMILES string of the molecule is O=C(c1ccc([N+](=O)[O-])o1)N1CCN(Cc2ccc3c(c2)OCO3)CC1. The lowest BCUT2D eigenvalue weighted by atomic mass is 10.1. The van der Waals surface area contributed by atoms with Gasteiger partial charge in [-0.1, -0.05) is 6.07 Å². The molecule has 4 rings (SSSR count). The molecular weight excluding hydrogens is 342 g/mol. The van der Waals surface area contributed by atoms with Gasteiger partial charge in [0.15, 0.2) is 17.3 Å². The van der Waals surface area contributed by atoms with Gasteiger partial charge in [-0.2, -0.15) is 0 Å². The van der Waals surface area contributed by atoms with Crippen LogP contribution in [0.4, 0.5) is 5.88 Å². The Morgan fingerprint density at radius 1 is 1.08 bits per heavy atom. The second-order valence-corrected chi connectivity index (χ2v) is 6.15. The molecule has 2 aromatic rings. The van der Waals surface area contributed by atoms with Gasteiger partial charge in [0.2, 0.25) is 6.79 Å². The van der Waals surface area contributed by atoms with Gasteiger partial charge in [-0.15, -0.1) is 0 Å². The molecule has 2 aliphatic rings. The zero-order chi connectivity index (χ0) is 18.1. The molecule has 1 aromatic carbocycles. The summed E-state index contributed by atoms with van der Waals surface area (Å²) in [6, 6.07) is 8.43. The number of furan rings is 1. The summed E-state index contributed by atoms with van der Waals surface area (Å²) in [5.74, 6) is 0.781. The Bertz CT molecular complexity index is 841. The van der Waals surface area contributed by atoms with E-state index in [1.807, 2.05) is 18.2 Å². The predicted molar refractivity (Wildman–Crippen MR) is 89.1 cm³/mol. The number of benzene rings is 1. The molecule has 0 N–H and O–H groups in total. The van der Waals surface area contributed by atoms with Crippen molar-refractivity contribution in [3.63, 3.8) is 0 Å². The quantitative estimate of drug-likeness (QED) is 0.607. The van der Waals surface area contributed by atoms with Crippen LogP contribution in [0.3, 0.4) is 0 Å². The van der Waals surface area contributed by atoms with Crippen LogP contribution < -0.4 is 9.47 Å². The summed E-state index contributed by atoms with van der Waals surface area (Å²) in [4.78, 5) is 26.3. The number of carbonyl (C=O) groups is 1. The van der Waals surface area contributed by atoms with Gasteiger partial charge in [0.1, 0.15) is 4.92 Å². The van der Waals surface area contributed by atoms with E-state index in [4.69, 9.17) is 13.9 Å². The number of hydrogen-bond donors (Lipinski definition) is 0. The first kappa shape index (κ1) is 16.4. The van der Waals surface area contributed by atoms with Crippen LogP contribution in [0.1, 0.15) is 16.1 Å². The van der Waals surface area contributed by atoms with Gasteiger partial charge in [-0.3, -0.25) is 19.8 Å². The fourth-order valence-electron chi connectivity index (χ4n) is 3.10. The van der Waals surface area contributed by atoms with Crippen molar-refractivity contribution in [2.24, 2.45) is 0 Å². The Hall–Kier alpha value is -3.07. The number of nitrogens with zero attached hydrogens (tertiary/aromatic N) is 3. The van der Waals surface area contributed by atoms with Crippen LogP contribution in [0.2, 0.25) is 0 Å². The summed E-state index contributed by atoms with van der Waals surface area (Å²) in [5.41, 5.74) is 1.12. The van der Waals surface area contributed by atoms with E-state index in [1.54, 1.807) is 4.90 Å². The number of hydrogen-bond acceptors (Lipinski definition) is 7. The molecule has 0 radical (unpaired) electrons. The minimum absolute atomic E-state index is 0.000853. The fourth-order valence-corrected chi connectivity index (χ4v) is 3.10. The van der Waals surface area contributed by atoms with Crippen molar-refractivity contribution in [3.05, 3.63) is 51.8 Å². The van der Waals surface area contributed by atoms with E-state index in [-0.39, 0.29) is 18.5 Å². The zero-order valence-electron chi connectivity index (χ0n) is 13.9. The largest absolute Gasteiger partial charge is 0.454 e. The summed E-state index contributed by atoms with van der Waals surface area (Å²) < 4.78 is 15.7. The summed E-state index contributed by atoms with van der Waals surface area (Å²) in [5, 5.41) is 10.7. The molecule has 1 saturated heterocycles. The van der Waals surface area contributed by atoms with Crippen molar-refractivity contribution in [1.82, 2.24) is 9.80 Å². The van der Waals surface area contributed by atoms with Crippen molar-refractivity contribution in [2.75, 3.05) is 33.0 Å². The number of ether oxygens (including phenoxy) is 2. The molecule has 0 unspecified atom stereocenters. The zero-order valence-corrected chi connectivity index (χ0v) is 13.9. The molecular formula is C17H17N3O6. The number of rotatable bonds is 4. The smallest absolute Gasteiger partial charge is 0.433 e. The van der Waals surface area contributed by atoms with Crippen LogP contribution in [-0.4, -0.2) is 53.6 Å². The highest BCUT2D eigenvalue weighted by Crippen LogP contribution is 2.32. The van der Waals surface area contributed by atoms with Crippen LogP contribution in [0.15, 0.2) is 34.7 Å². The third-order valence-electron chi connectivity index (χ3n) is 4.49. The molecule has 0 aliphatic carbocycles.